The van der Waals surface area contributed by atoms with Crippen molar-refractivity contribution in [1.29, 1.82) is 0 Å². The molecule has 0 unspecified atom stereocenters. The zero-order chi connectivity index (χ0) is 45.8. The van der Waals surface area contributed by atoms with Crippen molar-refractivity contribution in [3.05, 3.63) is 190 Å². The fourth-order valence-corrected chi connectivity index (χ4v) is 7.72. The van der Waals surface area contributed by atoms with Crippen LogP contribution in [-0.2, 0) is 0 Å². The van der Waals surface area contributed by atoms with Gasteiger partial charge in [0.15, 0.2) is 93.1 Å². The van der Waals surface area contributed by atoms with Crippen LogP contribution in [0.4, 0.5) is 70.2 Å². The van der Waals surface area contributed by atoms with Gasteiger partial charge in [0.05, 0.1) is 0 Å². The van der Waals surface area contributed by atoms with Crippen LogP contribution in [0.2, 0.25) is 0 Å². The molecule has 0 saturated heterocycles. The molecule has 0 atom stereocenters. The Morgan fingerprint density at radius 1 is 0.109 bits per heavy atom. The fraction of sp³-hybridized carbons (Fsp3) is 0. The van der Waals surface area contributed by atoms with Crippen LogP contribution in [0.15, 0.2) is 97.1 Å². The molecule has 0 saturated carbocycles. The molecule has 320 valence electrons. The molecule has 0 spiro atoms. The first-order chi connectivity index (χ1) is 30.4. The molecule has 0 radical (unpaired) electrons. The topological polar surface area (TPSA) is 0 Å². The summed E-state index contributed by atoms with van der Waals surface area (Å²) in [6.45, 7) is 0. The summed E-state index contributed by atoms with van der Waals surface area (Å²) < 4.78 is 250. The van der Waals surface area contributed by atoms with E-state index in [0.717, 1.165) is 0 Å². The smallest absolute Gasteiger partial charge is 0.167 e. The third kappa shape index (κ3) is 6.09. The monoisotopic (exact) mass is 896 g/mol. The van der Waals surface area contributed by atoms with Gasteiger partial charge in [-0.15, -0.1) is 0 Å². The molecule has 22 aliphatic carbocycles. The van der Waals surface area contributed by atoms with E-state index < -0.39 is 182 Å². The SMILES string of the molecule is Fc1c2ccc(c1F)-c1ccc(c(F)c1F)-c1ccc(c(F)c1F)-c1ccc(c(F)c1F)-c1ccc(c(F)c1F)-c1ccc(c(F)c1F)-c1ccc(c(F)c1F)-c1ccc-2c(F)c1F. The Bertz CT molecular complexity index is 2470. The van der Waals surface area contributed by atoms with Crippen molar-refractivity contribution in [2.24, 2.45) is 0 Å². The summed E-state index contributed by atoms with van der Waals surface area (Å²) in [5, 5.41) is 0. The Labute approximate surface area is 348 Å². The van der Waals surface area contributed by atoms with Gasteiger partial charge in [-0.25, -0.2) is 70.2 Å². The molecule has 16 heteroatoms. The second-order valence-corrected chi connectivity index (χ2v) is 14.3. The maximum atomic E-state index is 15.6. The Balaban J connectivity index is 1.27. The van der Waals surface area contributed by atoms with Gasteiger partial charge >= 0.3 is 0 Å². The van der Waals surface area contributed by atoms with E-state index in [4.69, 9.17) is 0 Å². The van der Waals surface area contributed by atoms with Crippen molar-refractivity contribution < 1.29 is 70.2 Å². The van der Waals surface area contributed by atoms with Crippen LogP contribution >= 0.6 is 0 Å². The predicted molar refractivity (Wildman–Crippen MR) is 203 cm³/mol. The van der Waals surface area contributed by atoms with Crippen molar-refractivity contribution in [3.8, 4) is 89.0 Å². The Morgan fingerprint density at radius 2 is 0.156 bits per heavy atom. The molecule has 0 fully saturated rings. The average Bonchev–Trinajstić information content (AvgIpc) is 3.27. The average molecular weight is 897 g/mol. The highest BCUT2D eigenvalue weighted by molar-refractivity contribution is 5.81. The molecule has 0 heterocycles. The lowest BCUT2D eigenvalue weighted by Crippen LogP contribution is -2.03. The first-order valence-electron chi connectivity index (χ1n) is 18.3. The van der Waals surface area contributed by atoms with Gasteiger partial charge in [0.25, 0.3) is 0 Å². The quantitative estimate of drug-likeness (QED) is 0.133. The van der Waals surface area contributed by atoms with Crippen LogP contribution in [0, 0.1) is 93.1 Å². The van der Waals surface area contributed by atoms with Crippen LogP contribution in [0.5, 0.6) is 0 Å². The number of rotatable bonds is 0. The highest BCUT2D eigenvalue weighted by atomic mass is 19.2. The summed E-state index contributed by atoms with van der Waals surface area (Å²) in [6, 6.07) is 10.4. The lowest BCUT2D eigenvalue weighted by Gasteiger charge is -2.16. The van der Waals surface area contributed by atoms with Crippen molar-refractivity contribution >= 4 is 0 Å². The van der Waals surface area contributed by atoms with Gasteiger partial charge in [-0.1, -0.05) is 97.1 Å². The first-order valence-corrected chi connectivity index (χ1v) is 18.3. The third-order valence-electron chi connectivity index (χ3n) is 11.0. The highest BCUT2D eigenvalue weighted by Gasteiger charge is 2.30. The summed E-state index contributed by atoms with van der Waals surface area (Å²) in [5.74, 6) is -30.8. The van der Waals surface area contributed by atoms with E-state index in [1.807, 2.05) is 0 Å². The third-order valence-corrected chi connectivity index (χ3v) is 11.0. The van der Waals surface area contributed by atoms with E-state index in [-0.39, 0.29) is 0 Å². The summed E-state index contributed by atoms with van der Waals surface area (Å²) in [5.41, 5.74) is -15.8. The molecule has 64 heavy (non-hydrogen) atoms. The lowest BCUT2D eigenvalue weighted by atomic mass is 9.92. The minimum absolute atomic E-state index is 0.648. The molecule has 16 bridgehead atoms. The number of benzene rings is 8. The van der Waals surface area contributed by atoms with Gasteiger partial charge in [-0.05, 0) is 0 Å². The summed E-state index contributed by atoms with van der Waals surface area (Å²) in [7, 11) is 0. The Morgan fingerprint density at radius 3 is 0.203 bits per heavy atom. The van der Waals surface area contributed by atoms with E-state index in [9.17, 15) is 0 Å². The first kappa shape index (κ1) is 42.0. The zero-order valence-corrected chi connectivity index (χ0v) is 31.3. The highest BCUT2D eigenvalue weighted by Crippen LogP contribution is 2.43. The van der Waals surface area contributed by atoms with Crippen molar-refractivity contribution in [2.45, 2.75) is 0 Å². The fourth-order valence-electron chi connectivity index (χ4n) is 7.72. The summed E-state index contributed by atoms with van der Waals surface area (Å²) in [4.78, 5) is 0. The number of hydrogen-bond acceptors (Lipinski definition) is 0. The molecule has 0 amide bonds. The van der Waals surface area contributed by atoms with Gasteiger partial charge in [-0.2, -0.15) is 0 Å². The molecule has 0 nitrogen and oxygen atoms in total. The van der Waals surface area contributed by atoms with E-state index in [1.165, 1.54) is 0 Å². The molecular formula is C48H16F16. The van der Waals surface area contributed by atoms with Crippen LogP contribution in [-0.4, -0.2) is 0 Å². The maximum Gasteiger partial charge on any atom is 0.167 e. The molecule has 0 N–H and O–H groups in total. The number of halogens is 16. The standard InChI is InChI=1S/C48H16F16/c49-33-17-1-2-18(34(33)50)20-5-6-22(38(54)36(20)52)24-9-10-26(42(58)40(24)56)28-13-14-30(46(62)44(28)60)32-16-15-31(47(63)48(32)64)29-12-11-27(43(59)45(29)61)25-8-7-23(39(55)41(25)57)21-4-3-19(17)35(51)37(21)53/h1-16H. The second kappa shape index (κ2) is 15.2. The zero-order valence-electron chi connectivity index (χ0n) is 31.3. The van der Waals surface area contributed by atoms with Gasteiger partial charge in [0, 0.05) is 89.0 Å². The van der Waals surface area contributed by atoms with E-state index >= 15 is 70.2 Å². The lowest BCUT2D eigenvalue weighted by molar-refractivity contribution is 0.494. The van der Waals surface area contributed by atoms with Gasteiger partial charge < -0.3 is 0 Å². The number of hydrogen-bond donors (Lipinski definition) is 0. The largest absolute Gasteiger partial charge is 0.203 e. The van der Waals surface area contributed by atoms with Crippen LogP contribution < -0.4 is 0 Å². The summed E-state index contributed by atoms with van der Waals surface area (Å²) >= 11 is 0. The van der Waals surface area contributed by atoms with Crippen molar-refractivity contribution in [2.75, 3.05) is 0 Å². The van der Waals surface area contributed by atoms with Crippen LogP contribution in [0.25, 0.3) is 89.0 Å². The minimum atomic E-state index is -1.93. The summed E-state index contributed by atoms with van der Waals surface area (Å²) in [6.07, 6.45) is 0. The van der Waals surface area contributed by atoms with E-state index in [0.29, 0.717) is 97.1 Å². The molecule has 30 rings (SSSR count). The van der Waals surface area contributed by atoms with Gasteiger partial charge in [0.1, 0.15) is 0 Å². The molecule has 8 aromatic rings. The Kier molecular flexibility index (Phi) is 9.95. The van der Waals surface area contributed by atoms with Crippen LogP contribution in [0.3, 0.4) is 0 Å². The predicted octanol–water partition coefficient (Wildman–Crippen LogP) is 15.6. The molecular weight excluding hydrogens is 880 g/mol. The van der Waals surface area contributed by atoms with Crippen LogP contribution in [0.1, 0.15) is 0 Å². The molecule has 22 aliphatic rings. The van der Waals surface area contributed by atoms with E-state index in [2.05, 4.69) is 0 Å². The minimum Gasteiger partial charge on any atom is -0.203 e. The normalized spacial score (nSPS) is 11.8. The van der Waals surface area contributed by atoms with Crippen molar-refractivity contribution in [3.63, 3.8) is 0 Å². The molecule has 0 aliphatic heterocycles. The molecule has 8 aromatic carbocycles. The van der Waals surface area contributed by atoms with Crippen molar-refractivity contribution in [1.82, 2.24) is 0 Å². The second-order valence-electron chi connectivity index (χ2n) is 14.3. The molecule has 0 aromatic heterocycles. The van der Waals surface area contributed by atoms with Gasteiger partial charge in [0.2, 0.25) is 0 Å². The van der Waals surface area contributed by atoms with Gasteiger partial charge in [-0.3, -0.25) is 0 Å². The maximum absolute atomic E-state index is 15.6. The Hall–Kier alpha value is -7.36. The van der Waals surface area contributed by atoms with E-state index in [1.54, 1.807) is 0 Å².